The minimum atomic E-state index is -1.01. The van der Waals surface area contributed by atoms with Crippen molar-refractivity contribution in [3.63, 3.8) is 0 Å². The summed E-state index contributed by atoms with van der Waals surface area (Å²) in [6.45, 7) is 3.58. The lowest BCUT2D eigenvalue weighted by atomic mass is 9.91. The molecule has 0 saturated heterocycles. The maximum absolute atomic E-state index is 10.5. The van der Waals surface area contributed by atoms with Gasteiger partial charge in [0.2, 0.25) is 6.29 Å². The topological polar surface area (TPSA) is 46.5 Å². The van der Waals surface area contributed by atoms with Crippen LogP contribution in [-0.4, -0.2) is 17.4 Å². The lowest BCUT2D eigenvalue weighted by Crippen LogP contribution is -2.35. The van der Waals surface area contributed by atoms with E-state index < -0.39 is 17.7 Å². The maximum atomic E-state index is 10.5. The van der Waals surface area contributed by atoms with Gasteiger partial charge in [0.25, 0.3) is 0 Å². The smallest absolute Gasteiger partial charge is 0.332 e. The van der Waals surface area contributed by atoms with Gasteiger partial charge in [0.15, 0.2) is 0 Å². The Kier molecular flexibility index (Phi) is 1.52. The van der Waals surface area contributed by atoms with Gasteiger partial charge in [-0.1, -0.05) is 19.9 Å². The summed E-state index contributed by atoms with van der Waals surface area (Å²) in [7, 11) is 0. The third-order valence-corrected chi connectivity index (χ3v) is 1.51. The molecule has 1 aliphatic heterocycles. The standard InChI is InChI=1S/C7H10O3/c1-7(2)4-3-5(8)10-6(7)9/h3-4,6,9H,1-2H3. The average Bonchev–Trinajstić information content (AvgIpc) is 1.81. The van der Waals surface area contributed by atoms with E-state index in [-0.39, 0.29) is 0 Å². The average molecular weight is 142 g/mol. The van der Waals surface area contributed by atoms with Crippen LogP contribution in [0.3, 0.4) is 0 Å². The Hall–Kier alpha value is -0.830. The van der Waals surface area contributed by atoms with Crippen LogP contribution in [0.25, 0.3) is 0 Å². The number of rotatable bonds is 0. The molecule has 0 amide bonds. The van der Waals surface area contributed by atoms with Gasteiger partial charge in [0.05, 0.1) is 0 Å². The molecule has 1 atom stereocenters. The van der Waals surface area contributed by atoms with Crippen LogP contribution in [0.15, 0.2) is 12.2 Å². The van der Waals surface area contributed by atoms with Gasteiger partial charge in [-0.3, -0.25) is 0 Å². The minimum absolute atomic E-state index is 0.450. The van der Waals surface area contributed by atoms with E-state index in [2.05, 4.69) is 4.74 Å². The number of aliphatic hydroxyl groups is 1. The van der Waals surface area contributed by atoms with E-state index >= 15 is 0 Å². The van der Waals surface area contributed by atoms with Crippen LogP contribution in [0.5, 0.6) is 0 Å². The third kappa shape index (κ3) is 1.19. The monoisotopic (exact) mass is 142 g/mol. The predicted molar refractivity (Wildman–Crippen MR) is 35.0 cm³/mol. The number of hydrogen-bond donors (Lipinski definition) is 1. The van der Waals surface area contributed by atoms with Crippen molar-refractivity contribution >= 4 is 5.97 Å². The van der Waals surface area contributed by atoms with E-state index in [0.717, 1.165) is 0 Å². The van der Waals surface area contributed by atoms with Crippen LogP contribution in [0.1, 0.15) is 13.8 Å². The number of cyclic esters (lactones) is 1. The lowest BCUT2D eigenvalue weighted by Gasteiger charge is -2.28. The van der Waals surface area contributed by atoms with Gasteiger partial charge in [0, 0.05) is 11.5 Å². The van der Waals surface area contributed by atoms with Crippen LogP contribution in [0.4, 0.5) is 0 Å². The lowest BCUT2D eigenvalue weighted by molar-refractivity contribution is -0.180. The van der Waals surface area contributed by atoms with Crippen molar-refractivity contribution in [3.05, 3.63) is 12.2 Å². The second-order valence-corrected chi connectivity index (χ2v) is 2.94. The first-order chi connectivity index (χ1) is 4.52. The molecule has 0 aromatic heterocycles. The Balaban J connectivity index is 2.82. The van der Waals surface area contributed by atoms with Crippen molar-refractivity contribution in [2.45, 2.75) is 20.1 Å². The highest BCUT2D eigenvalue weighted by molar-refractivity contribution is 5.83. The van der Waals surface area contributed by atoms with Gasteiger partial charge in [-0.2, -0.15) is 0 Å². The van der Waals surface area contributed by atoms with Crippen molar-refractivity contribution < 1.29 is 14.6 Å². The summed E-state index contributed by atoms with van der Waals surface area (Å²) in [5, 5.41) is 9.11. The number of ether oxygens (including phenoxy) is 1. The summed E-state index contributed by atoms with van der Waals surface area (Å²) in [5.74, 6) is -0.480. The molecule has 56 valence electrons. The molecule has 0 fully saturated rings. The fraction of sp³-hybridized carbons (Fsp3) is 0.571. The Morgan fingerprint density at radius 3 is 2.70 bits per heavy atom. The predicted octanol–water partition coefficient (Wildman–Crippen LogP) is 0.444. The highest BCUT2D eigenvalue weighted by Gasteiger charge is 2.31. The number of hydrogen-bond acceptors (Lipinski definition) is 3. The molecule has 0 spiro atoms. The number of aliphatic hydroxyl groups excluding tert-OH is 1. The van der Waals surface area contributed by atoms with Crippen molar-refractivity contribution in [3.8, 4) is 0 Å². The zero-order chi connectivity index (χ0) is 7.78. The summed E-state index contributed by atoms with van der Waals surface area (Å²) in [6, 6.07) is 0. The highest BCUT2D eigenvalue weighted by atomic mass is 16.6. The van der Waals surface area contributed by atoms with Gasteiger partial charge in [-0.15, -0.1) is 0 Å². The second kappa shape index (κ2) is 2.09. The molecule has 1 unspecified atom stereocenters. The largest absolute Gasteiger partial charge is 0.432 e. The molecule has 0 aromatic carbocycles. The molecule has 0 saturated carbocycles. The van der Waals surface area contributed by atoms with Crippen LogP contribution in [0.2, 0.25) is 0 Å². The molecule has 0 aliphatic carbocycles. The SMILES string of the molecule is CC1(C)C=CC(=O)OC1O. The highest BCUT2D eigenvalue weighted by Crippen LogP contribution is 2.26. The molecule has 0 bridgehead atoms. The summed E-state index contributed by atoms with van der Waals surface area (Å²) < 4.78 is 4.53. The molecular formula is C7H10O3. The summed E-state index contributed by atoms with van der Waals surface area (Å²) in [6.07, 6.45) is 1.96. The van der Waals surface area contributed by atoms with E-state index in [1.807, 2.05) is 0 Å². The van der Waals surface area contributed by atoms with Gasteiger partial charge in [0.1, 0.15) is 0 Å². The zero-order valence-electron chi connectivity index (χ0n) is 6.00. The van der Waals surface area contributed by atoms with Crippen LogP contribution in [-0.2, 0) is 9.53 Å². The summed E-state index contributed by atoms with van der Waals surface area (Å²) in [4.78, 5) is 10.5. The quantitative estimate of drug-likeness (QED) is 0.499. The Morgan fingerprint density at radius 1 is 1.70 bits per heavy atom. The Bertz CT molecular complexity index is 181. The molecule has 1 aliphatic rings. The van der Waals surface area contributed by atoms with Gasteiger partial charge < -0.3 is 9.84 Å². The fourth-order valence-corrected chi connectivity index (χ4v) is 0.666. The first-order valence-electron chi connectivity index (χ1n) is 3.10. The van der Waals surface area contributed by atoms with Gasteiger partial charge >= 0.3 is 5.97 Å². The molecule has 3 heteroatoms. The third-order valence-electron chi connectivity index (χ3n) is 1.51. The first-order valence-corrected chi connectivity index (χ1v) is 3.10. The number of carbonyl (C=O) groups is 1. The second-order valence-electron chi connectivity index (χ2n) is 2.94. The number of carbonyl (C=O) groups excluding carboxylic acids is 1. The van der Waals surface area contributed by atoms with Crippen molar-refractivity contribution in [1.82, 2.24) is 0 Å². The molecular weight excluding hydrogens is 132 g/mol. The number of esters is 1. The molecule has 0 radical (unpaired) electrons. The molecule has 1 heterocycles. The van der Waals surface area contributed by atoms with E-state index in [9.17, 15) is 4.79 Å². The van der Waals surface area contributed by atoms with Crippen molar-refractivity contribution in [2.24, 2.45) is 5.41 Å². The van der Waals surface area contributed by atoms with E-state index in [1.54, 1.807) is 19.9 Å². The van der Waals surface area contributed by atoms with Gasteiger partial charge in [-0.05, 0) is 0 Å². The molecule has 3 nitrogen and oxygen atoms in total. The summed E-state index contributed by atoms with van der Waals surface area (Å²) in [5.41, 5.74) is -0.450. The first kappa shape index (κ1) is 7.28. The van der Waals surface area contributed by atoms with E-state index in [0.29, 0.717) is 0 Å². The Labute approximate surface area is 59.3 Å². The van der Waals surface area contributed by atoms with Crippen molar-refractivity contribution in [1.29, 1.82) is 0 Å². The molecule has 0 aromatic rings. The minimum Gasteiger partial charge on any atom is -0.432 e. The molecule has 1 rings (SSSR count). The van der Waals surface area contributed by atoms with Crippen LogP contribution in [0, 0.1) is 5.41 Å². The Morgan fingerprint density at radius 2 is 2.30 bits per heavy atom. The van der Waals surface area contributed by atoms with Crippen LogP contribution >= 0.6 is 0 Å². The van der Waals surface area contributed by atoms with Crippen molar-refractivity contribution in [2.75, 3.05) is 0 Å². The van der Waals surface area contributed by atoms with E-state index in [4.69, 9.17) is 5.11 Å². The van der Waals surface area contributed by atoms with Crippen LogP contribution < -0.4 is 0 Å². The van der Waals surface area contributed by atoms with Gasteiger partial charge in [-0.25, -0.2) is 4.79 Å². The van der Waals surface area contributed by atoms with E-state index in [1.165, 1.54) is 6.08 Å². The molecule has 10 heavy (non-hydrogen) atoms. The fourth-order valence-electron chi connectivity index (χ4n) is 0.666. The normalized spacial score (nSPS) is 29.9. The summed E-state index contributed by atoms with van der Waals surface area (Å²) >= 11 is 0. The molecule has 1 N–H and O–H groups in total. The maximum Gasteiger partial charge on any atom is 0.332 e. The zero-order valence-corrected chi connectivity index (χ0v) is 6.00.